The van der Waals surface area contributed by atoms with Gasteiger partial charge in [-0.15, -0.1) is 0 Å². The summed E-state index contributed by atoms with van der Waals surface area (Å²) in [4.78, 5) is 37.2. The molecule has 0 radical (unpaired) electrons. The van der Waals surface area contributed by atoms with Crippen molar-refractivity contribution in [2.24, 2.45) is 5.92 Å². The number of nitrogens with zero attached hydrogens (tertiary/aromatic N) is 1. The first-order valence-corrected chi connectivity index (χ1v) is 8.38. The highest BCUT2D eigenvalue weighted by Crippen LogP contribution is 2.19. The number of hydrogen-bond donors (Lipinski definition) is 1. The minimum Gasteiger partial charge on any atom is -0.455 e. The van der Waals surface area contributed by atoms with Crippen LogP contribution in [0.15, 0.2) is 36.4 Å². The average Bonchev–Trinajstić information content (AvgIpc) is 2.62. The van der Waals surface area contributed by atoms with Gasteiger partial charge in [-0.3, -0.25) is 14.4 Å². The topological polar surface area (TPSA) is 75.7 Å². The van der Waals surface area contributed by atoms with Gasteiger partial charge in [0.15, 0.2) is 6.61 Å². The summed E-state index contributed by atoms with van der Waals surface area (Å²) < 4.78 is 5.08. The zero-order valence-electron chi connectivity index (χ0n) is 14.7. The molecule has 0 aromatic heterocycles. The standard InChI is InChI=1S/C19H24N2O4/c1-14-8-10-16(11-9-14)20-17(22)12-21(2)18(23)13-25-19(24)15-6-4-3-5-7-15/h3-4,8-11,15H,5-7,12-13H2,1-2H3,(H,20,22). The number of esters is 1. The highest BCUT2D eigenvalue weighted by Gasteiger charge is 2.22. The first-order valence-electron chi connectivity index (χ1n) is 8.38. The predicted molar refractivity (Wildman–Crippen MR) is 94.9 cm³/mol. The molecule has 6 heteroatoms. The normalized spacial score (nSPS) is 16.2. The Bertz CT molecular complexity index is 652. The fraction of sp³-hybridized carbons (Fsp3) is 0.421. The first kappa shape index (κ1) is 18.7. The van der Waals surface area contributed by atoms with Crippen LogP contribution in [-0.4, -0.2) is 42.9 Å². The second-order valence-corrected chi connectivity index (χ2v) is 6.25. The van der Waals surface area contributed by atoms with Gasteiger partial charge in [0.05, 0.1) is 12.5 Å². The van der Waals surface area contributed by atoms with E-state index in [1.165, 1.54) is 11.9 Å². The molecule has 1 aliphatic rings. The molecule has 1 aromatic carbocycles. The van der Waals surface area contributed by atoms with Crippen LogP contribution in [0.3, 0.4) is 0 Å². The number of anilines is 1. The molecule has 1 aliphatic carbocycles. The van der Waals surface area contributed by atoms with E-state index in [9.17, 15) is 14.4 Å². The second kappa shape index (κ2) is 9.01. The van der Waals surface area contributed by atoms with E-state index in [0.717, 1.165) is 18.4 Å². The molecule has 0 saturated heterocycles. The van der Waals surface area contributed by atoms with Crippen molar-refractivity contribution in [1.29, 1.82) is 0 Å². The van der Waals surface area contributed by atoms with E-state index in [0.29, 0.717) is 12.1 Å². The molecule has 1 atom stereocenters. The number of likely N-dealkylation sites (N-methyl/N-ethyl adjacent to an activating group) is 1. The smallest absolute Gasteiger partial charge is 0.309 e. The molecule has 2 amide bonds. The van der Waals surface area contributed by atoms with Crippen LogP contribution in [-0.2, 0) is 19.1 Å². The molecule has 1 unspecified atom stereocenters. The molecule has 0 fully saturated rings. The molecule has 1 aromatic rings. The molecule has 1 N–H and O–H groups in total. The van der Waals surface area contributed by atoms with Gasteiger partial charge in [0.2, 0.25) is 5.91 Å². The number of hydrogen-bond acceptors (Lipinski definition) is 4. The molecule has 0 spiro atoms. The Morgan fingerprint density at radius 1 is 1.20 bits per heavy atom. The zero-order valence-corrected chi connectivity index (χ0v) is 14.7. The number of allylic oxidation sites excluding steroid dienone is 2. The highest BCUT2D eigenvalue weighted by atomic mass is 16.5. The number of carbonyl (C=O) groups excluding carboxylic acids is 3. The molecule has 6 nitrogen and oxygen atoms in total. The number of carbonyl (C=O) groups is 3. The van der Waals surface area contributed by atoms with Crippen LogP contribution in [0.4, 0.5) is 5.69 Å². The van der Waals surface area contributed by atoms with Gasteiger partial charge in [-0.2, -0.15) is 0 Å². The maximum Gasteiger partial charge on any atom is 0.309 e. The van der Waals surface area contributed by atoms with Crippen molar-refractivity contribution in [2.75, 3.05) is 25.5 Å². The fourth-order valence-electron chi connectivity index (χ4n) is 2.51. The summed E-state index contributed by atoms with van der Waals surface area (Å²) in [6.45, 7) is 1.52. The maximum atomic E-state index is 12.0. The summed E-state index contributed by atoms with van der Waals surface area (Å²) >= 11 is 0. The van der Waals surface area contributed by atoms with Crippen molar-refractivity contribution in [3.05, 3.63) is 42.0 Å². The van der Waals surface area contributed by atoms with Crippen LogP contribution in [0.25, 0.3) is 0 Å². The number of rotatable bonds is 6. The quantitative estimate of drug-likeness (QED) is 0.635. The van der Waals surface area contributed by atoms with E-state index in [1.807, 2.05) is 31.2 Å². The molecule has 2 rings (SSSR count). The first-order chi connectivity index (χ1) is 12.0. The van der Waals surface area contributed by atoms with Gasteiger partial charge in [0, 0.05) is 12.7 Å². The van der Waals surface area contributed by atoms with Crippen LogP contribution in [0.1, 0.15) is 24.8 Å². The van der Waals surface area contributed by atoms with Crippen LogP contribution in [0.2, 0.25) is 0 Å². The van der Waals surface area contributed by atoms with E-state index in [4.69, 9.17) is 4.74 Å². The lowest BCUT2D eigenvalue weighted by Crippen LogP contribution is -2.38. The number of aryl methyl sites for hydroxylation is 1. The van der Waals surface area contributed by atoms with Crippen molar-refractivity contribution in [2.45, 2.75) is 26.2 Å². The van der Waals surface area contributed by atoms with Crippen LogP contribution >= 0.6 is 0 Å². The average molecular weight is 344 g/mol. The Kier molecular flexibility index (Phi) is 6.74. The highest BCUT2D eigenvalue weighted by molar-refractivity contribution is 5.94. The minimum atomic E-state index is -0.404. The van der Waals surface area contributed by atoms with Crippen LogP contribution in [0.5, 0.6) is 0 Å². The third kappa shape index (κ3) is 6.06. The van der Waals surface area contributed by atoms with Gasteiger partial charge in [-0.05, 0) is 38.3 Å². The van der Waals surface area contributed by atoms with E-state index >= 15 is 0 Å². The number of nitrogens with one attached hydrogen (secondary N) is 1. The number of ether oxygens (including phenoxy) is 1. The zero-order chi connectivity index (χ0) is 18.2. The summed E-state index contributed by atoms with van der Waals surface area (Å²) in [5.74, 6) is -1.23. The molecular formula is C19H24N2O4. The number of amides is 2. The van der Waals surface area contributed by atoms with Crippen molar-refractivity contribution >= 4 is 23.5 Å². The van der Waals surface area contributed by atoms with E-state index < -0.39 is 5.91 Å². The van der Waals surface area contributed by atoms with Gasteiger partial charge in [-0.25, -0.2) is 0 Å². The third-order valence-electron chi connectivity index (χ3n) is 4.08. The van der Waals surface area contributed by atoms with Gasteiger partial charge in [0.25, 0.3) is 5.91 Å². The van der Waals surface area contributed by atoms with Crippen molar-refractivity contribution in [3.63, 3.8) is 0 Å². The molecule has 0 aliphatic heterocycles. The minimum absolute atomic E-state index is 0.101. The summed E-state index contributed by atoms with van der Waals surface area (Å²) in [6, 6.07) is 7.39. The molecule has 0 heterocycles. The Hall–Kier alpha value is -2.63. The lowest BCUT2D eigenvalue weighted by molar-refractivity contribution is -0.155. The van der Waals surface area contributed by atoms with Crippen LogP contribution < -0.4 is 5.32 Å². The van der Waals surface area contributed by atoms with Crippen molar-refractivity contribution < 1.29 is 19.1 Å². The third-order valence-corrected chi connectivity index (χ3v) is 4.08. The molecule has 0 bridgehead atoms. The summed E-state index contributed by atoms with van der Waals surface area (Å²) in [7, 11) is 1.51. The lowest BCUT2D eigenvalue weighted by atomic mass is 9.95. The molecular weight excluding hydrogens is 320 g/mol. The summed E-state index contributed by atoms with van der Waals surface area (Å²) in [5.41, 5.74) is 1.77. The van der Waals surface area contributed by atoms with E-state index in [2.05, 4.69) is 5.32 Å². The van der Waals surface area contributed by atoms with Crippen LogP contribution in [0, 0.1) is 12.8 Å². The lowest BCUT2D eigenvalue weighted by Gasteiger charge is -2.19. The summed E-state index contributed by atoms with van der Waals surface area (Å²) in [5, 5.41) is 2.72. The fourth-order valence-corrected chi connectivity index (χ4v) is 2.51. The monoisotopic (exact) mass is 344 g/mol. The van der Waals surface area contributed by atoms with Crippen molar-refractivity contribution in [3.8, 4) is 0 Å². The predicted octanol–water partition coefficient (Wildman–Crippen LogP) is 2.29. The van der Waals surface area contributed by atoms with E-state index in [-0.39, 0.29) is 30.9 Å². The largest absolute Gasteiger partial charge is 0.455 e. The van der Waals surface area contributed by atoms with Crippen molar-refractivity contribution in [1.82, 2.24) is 4.90 Å². The Morgan fingerprint density at radius 2 is 1.92 bits per heavy atom. The van der Waals surface area contributed by atoms with E-state index in [1.54, 1.807) is 12.1 Å². The molecule has 134 valence electrons. The van der Waals surface area contributed by atoms with Gasteiger partial charge < -0.3 is 15.0 Å². The van der Waals surface area contributed by atoms with Gasteiger partial charge in [0.1, 0.15) is 0 Å². The maximum absolute atomic E-state index is 12.0. The van der Waals surface area contributed by atoms with Gasteiger partial charge in [-0.1, -0.05) is 29.8 Å². The Morgan fingerprint density at radius 3 is 2.56 bits per heavy atom. The van der Waals surface area contributed by atoms with Gasteiger partial charge >= 0.3 is 5.97 Å². The number of benzene rings is 1. The molecule has 25 heavy (non-hydrogen) atoms. The Labute approximate surface area is 147 Å². The second-order valence-electron chi connectivity index (χ2n) is 6.25. The molecule has 0 saturated carbocycles. The summed E-state index contributed by atoms with van der Waals surface area (Å²) in [6.07, 6.45) is 6.25. The SMILES string of the molecule is Cc1ccc(NC(=O)CN(C)C(=O)COC(=O)C2CC=CCC2)cc1. The Balaban J connectivity index is 1.73.